The van der Waals surface area contributed by atoms with Gasteiger partial charge in [0.25, 0.3) is 0 Å². The Balaban J connectivity index is 0.000000921. The standard InChI is InChI=1S/C10H10Cl2O.C2H6/c1-3-6-13-9-5-4-8(11)10(12)7(9)2;1-2/h3-5H,1,6H2,2H3;1-2H3. The van der Waals surface area contributed by atoms with E-state index < -0.39 is 0 Å². The molecule has 0 heterocycles. The van der Waals surface area contributed by atoms with E-state index in [2.05, 4.69) is 6.58 Å². The van der Waals surface area contributed by atoms with Crippen LogP contribution in [0.15, 0.2) is 24.8 Å². The van der Waals surface area contributed by atoms with Gasteiger partial charge in [-0.1, -0.05) is 49.7 Å². The molecule has 1 aromatic carbocycles. The molecule has 0 atom stereocenters. The Labute approximate surface area is 102 Å². The number of hydrogen-bond donors (Lipinski definition) is 0. The van der Waals surface area contributed by atoms with Crippen LogP contribution in [0.1, 0.15) is 19.4 Å². The van der Waals surface area contributed by atoms with E-state index in [4.69, 9.17) is 27.9 Å². The summed E-state index contributed by atoms with van der Waals surface area (Å²) in [5.74, 6) is 0.745. The van der Waals surface area contributed by atoms with E-state index in [0.29, 0.717) is 16.7 Å². The third kappa shape index (κ3) is 4.15. The number of halogens is 2. The quantitative estimate of drug-likeness (QED) is 0.691. The van der Waals surface area contributed by atoms with Crippen molar-refractivity contribution in [2.45, 2.75) is 20.8 Å². The lowest BCUT2D eigenvalue weighted by Crippen LogP contribution is -1.95. The monoisotopic (exact) mass is 246 g/mol. The SMILES string of the molecule is C=CCOc1ccc(Cl)c(Cl)c1C.CC. The minimum Gasteiger partial charge on any atom is -0.489 e. The van der Waals surface area contributed by atoms with Crippen LogP contribution in [-0.4, -0.2) is 6.61 Å². The first-order valence-electron chi connectivity index (χ1n) is 4.85. The molecule has 0 fully saturated rings. The fourth-order valence-corrected chi connectivity index (χ4v) is 1.30. The van der Waals surface area contributed by atoms with Crippen molar-refractivity contribution < 1.29 is 4.74 Å². The Hall–Kier alpha value is -0.660. The van der Waals surface area contributed by atoms with Gasteiger partial charge in [0.2, 0.25) is 0 Å². The summed E-state index contributed by atoms with van der Waals surface area (Å²) in [5, 5.41) is 1.09. The third-order valence-corrected chi connectivity index (χ3v) is 2.55. The molecule has 0 unspecified atom stereocenters. The highest BCUT2D eigenvalue weighted by atomic mass is 35.5. The highest BCUT2D eigenvalue weighted by Gasteiger charge is 2.06. The fourth-order valence-electron chi connectivity index (χ4n) is 0.939. The molecule has 1 aromatic rings. The van der Waals surface area contributed by atoms with Gasteiger partial charge < -0.3 is 4.74 Å². The molecule has 0 aromatic heterocycles. The van der Waals surface area contributed by atoms with E-state index in [1.54, 1.807) is 18.2 Å². The maximum Gasteiger partial charge on any atom is 0.124 e. The van der Waals surface area contributed by atoms with Crippen molar-refractivity contribution in [2.24, 2.45) is 0 Å². The van der Waals surface area contributed by atoms with E-state index in [-0.39, 0.29) is 0 Å². The summed E-state index contributed by atoms with van der Waals surface area (Å²) in [6, 6.07) is 3.52. The molecule has 0 aliphatic carbocycles. The van der Waals surface area contributed by atoms with E-state index in [1.807, 2.05) is 20.8 Å². The zero-order chi connectivity index (χ0) is 11.8. The molecule has 0 saturated heterocycles. The van der Waals surface area contributed by atoms with Crippen LogP contribution in [0.25, 0.3) is 0 Å². The van der Waals surface area contributed by atoms with Gasteiger partial charge in [-0.25, -0.2) is 0 Å². The second-order valence-corrected chi connectivity index (χ2v) is 3.37. The normalized spacial score (nSPS) is 8.87. The first kappa shape index (κ1) is 14.3. The molecule has 0 aliphatic rings. The summed E-state index contributed by atoms with van der Waals surface area (Å²) in [4.78, 5) is 0. The third-order valence-electron chi connectivity index (χ3n) is 1.65. The number of hydrogen-bond acceptors (Lipinski definition) is 1. The molecule has 0 amide bonds. The Kier molecular flexibility index (Phi) is 7.27. The van der Waals surface area contributed by atoms with Crippen LogP contribution >= 0.6 is 23.2 Å². The van der Waals surface area contributed by atoms with Crippen LogP contribution in [0.2, 0.25) is 10.0 Å². The first-order valence-corrected chi connectivity index (χ1v) is 5.60. The predicted octanol–water partition coefficient (Wildman–Crippen LogP) is 4.89. The second-order valence-electron chi connectivity index (χ2n) is 2.58. The number of benzene rings is 1. The second kappa shape index (κ2) is 7.61. The number of ether oxygens (including phenoxy) is 1. The first-order chi connectivity index (χ1) is 7.16. The topological polar surface area (TPSA) is 9.23 Å². The van der Waals surface area contributed by atoms with Gasteiger partial charge in [-0.3, -0.25) is 0 Å². The maximum atomic E-state index is 5.92. The van der Waals surface area contributed by atoms with Gasteiger partial charge in [0.1, 0.15) is 12.4 Å². The summed E-state index contributed by atoms with van der Waals surface area (Å²) in [5.41, 5.74) is 0.857. The van der Waals surface area contributed by atoms with Crippen LogP contribution in [0.3, 0.4) is 0 Å². The smallest absolute Gasteiger partial charge is 0.124 e. The molecule has 0 saturated carbocycles. The lowest BCUT2D eigenvalue weighted by Gasteiger charge is -2.08. The lowest BCUT2D eigenvalue weighted by molar-refractivity contribution is 0.360. The molecule has 0 radical (unpaired) electrons. The van der Waals surface area contributed by atoms with Crippen molar-refractivity contribution in [3.05, 3.63) is 40.4 Å². The Morgan fingerprint density at radius 3 is 2.47 bits per heavy atom. The van der Waals surface area contributed by atoms with E-state index >= 15 is 0 Å². The molecular formula is C12H16Cl2O. The summed E-state index contributed by atoms with van der Waals surface area (Å²) in [7, 11) is 0. The Bertz CT molecular complexity index is 322. The highest BCUT2D eigenvalue weighted by Crippen LogP contribution is 2.31. The molecule has 0 aliphatic heterocycles. The average Bonchev–Trinajstić information content (AvgIpc) is 2.28. The summed E-state index contributed by atoms with van der Waals surface area (Å²) in [6.45, 7) is 9.90. The van der Waals surface area contributed by atoms with Gasteiger partial charge in [-0.2, -0.15) is 0 Å². The molecule has 0 spiro atoms. The van der Waals surface area contributed by atoms with Gasteiger partial charge in [0, 0.05) is 5.56 Å². The van der Waals surface area contributed by atoms with Crippen molar-refractivity contribution in [3.8, 4) is 5.75 Å². The van der Waals surface area contributed by atoms with Crippen molar-refractivity contribution >= 4 is 23.2 Å². The van der Waals surface area contributed by atoms with Crippen LogP contribution in [0.5, 0.6) is 5.75 Å². The van der Waals surface area contributed by atoms with Gasteiger partial charge in [0.05, 0.1) is 10.0 Å². The lowest BCUT2D eigenvalue weighted by atomic mass is 10.2. The average molecular weight is 247 g/mol. The van der Waals surface area contributed by atoms with E-state index in [9.17, 15) is 0 Å². The molecule has 15 heavy (non-hydrogen) atoms. The van der Waals surface area contributed by atoms with Gasteiger partial charge >= 0.3 is 0 Å². The summed E-state index contributed by atoms with van der Waals surface area (Å²) < 4.78 is 5.36. The zero-order valence-corrected chi connectivity index (χ0v) is 10.8. The van der Waals surface area contributed by atoms with Crippen molar-refractivity contribution in [1.29, 1.82) is 0 Å². The van der Waals surface area contributed by atoms with Crippen LogP contribution in [0, 0.1) is 6.92 Å². The van der Waals surface area contributed by atoms with Crippen molar-refractivity contribution in [2.75, 3.05) is 6.61 Å². The van der Waals surface area contributed by atoms with E-state index in [0.717, 1.165) is 11.3 Å². The molecule has 84 valence electrons. The number of rotatable bonds is 3. The zero-order valence-electron chi connectivity index (χ0n) is 9.31. The van der Waals surface area contributed by atoms with Crippen LogP contribution in [0.4, 0.5) is 0 Å². The highest BCUT2D eigenvalue weighted by molar-refractivity contribution is 6.42. The van der Waals surface area contributed by atoms with Crippen molar-refractivity contribution in [1.82, 2.24) is 0 Å². The molecule has 1 rings (SSSR count). The molecule has 3 heteroatoms. The molecule has 1 nitrogen and oxygen atoms in total. The fraction of sp³-hybridized carbons (Fsp3) is 0.333. The van der Waals surface area contributed by atoms with Crippen molar-refractivity contribution in [3.63, 3.8) is 0 Å². The molecular weight excluding hydrogens is 231 g/mol. The van der Waals surface area contributed by atoms with Crippen LogP contribution < -0.4 is 4.74 Å². The minimum atomic E-state index is 0.471. The Morgan fingerprint density at radius 1 is 1.33 bits per heavy atom. The summed E-state index contributed by atoms with van der Waals surface area (Å²) in [6.07, 6.45) is 1.68. The molecule has 0 N–H and O–H groups in total. The minimum absolute atomic E-state index is 0.471. The Morgan fingerprint density at radius 2 is 1.93 bits per heavy atom. The largest absolute Gasteiger partial charge is 0.489 e. The van der Waals surface area contributed by atoms with Gasteiger partial charge in [0.15, 0.2) is 0 Å². The maximum absolute atomic E-state index is 5.92. The van der Waals surface area contributed by atoms with Gasteiger partial charge in [-0.05, 0) is 19.1 Å². The van der Waals surface area contributed by atoms with Crippen LogP contribution in [-0.2, 0) is 0 Å². The summed E-state index contributed by atoms with van der Waals surface area (Å²) >= 11 is 11.7. The van der Waals surface area contributed by atoms with Gasteiger partial charge in [-0.15, -0.1) is 0 Å². The predicted molar refractivity (Wildman–Crippen MR) is 68.2 cm³/mol. The molecule has 0 bridgehead atoms. The van der Waals surface area contributed by atoms with E-state index in [1.165, 1.54) is 0 Å².